The second-order valence-electron chi connectivity index (χ2n) is 23.8. The third-order valence-electron chi connectivity index (χ3n) is 18.6. The van der Waals surface area contributed by atoms with E-state index >= 15 is 0 Å². The highest BCUT2D eigenvalue weighted by atomic mass is 15.3. The van der Waals surface area contributed by atoms with Gasteiger partial charge in [-0.05, 0) is 95.2 Å². The number of aliphatic imine (C=N–C) groups is 3. The molecule has 0 amide bonds. The standard InChI is InChI=1S/C84H56N10/c1-85-80(55-25-6-2-7-26-55)88-83(86-59-32-12-5-13-33-59)93-74-43-22-18-39-66(74)71-52-50-69-65-38-17-21-42-73(65)92(77(69)79(71)93)61-34-24-31-58(53-61)63-36-15-14-35-62(63)54-45-47-60(48-46-54)91-72-41-20-16-37-64(72)68-49-51-70-67-40-19-23-44-75(67)94(78(70)76(68)91)84-89-81(56-27-8-3-9-28-56)87-82(90-84)57-29-10-4-11-30-57/h2-53,69,77H,1H2. The normalized spacial score (nSPS) is 14.5. The summed E-state index contributed by atoms with van der Waals surface area (Å²) in [6.45, 7) is 4.03. The van der Waals surface area contributed by atoms with Gasteiger partial charge in [-0.3, -0.25) is 9.13 Å². The van der Waals surface area contributed by atoms with Crippen LogP contribution in [0, 0.1) is 0 Å². The van der Waals surface area contributed by atoms with Crippen LogP contribution in [0.5, 0.6) is 0 Å². The van der Waals surface area contributed by atoms with Gasteiger partial charge in [0, 0.05) is 72.2 Å². The van der Waals surface area contributed by atoms with Crippen molar-refractivity contribution in [2.24, 2.45) is 15.0 Å². The molecule has 1 aliphatic heterocycles. The van der Waals surface area contributed by atoms with Gasteiger partial charge in [0.15, 0.2) is 17.5 Å². The molecule has 2 atom stereocenters. The first-order valence-electron chi connectivity index (χ1n) is 31.7. The van der Waals surface area contributed by atoms with Crippen molar-refractivity contribution in [3.05, 3.63) is 332 Å². The minimum atomic E-state index is -0.185. The predicted octanol–water partition coefficient (Wildman–Crippen LogP) is 20.4. The molecule has 442 valence electrons. The number of para-hydroxylation sites is 5. The van der Waals surface area contributed by atoms with Crippen LogP contribution >= 0.6 is 0 Å². The lowest BCUT2D eigenvalue weighted by molar-refractivity contribution is 0.641. The fourth-order valence-corrected chi connectivity index (χ4v) is 14.5. The van der Waals surface area contributed by atoms with Gasteiger partial charge >= 0.3 is 0 Å². The molecule has 4 aromatic heterocycles. The Kier molecular flexibility index (Phi) is 12.9. The fourth-order valence-electron chi connectivity index (χ4n) is 14.5. The van der Waals surface area contributed by atoms with E-state index in [9.17, 15) is 0 Å². The van der Waals surface area contributed by atoms with E-state index in [1.165, 1.54) is 5.56 Å². The number of benzene rings is 12. The Hall–Kier alpha value is -12.7. The van der Waals surface area contributed by atoms with Crippen molar-refractivity contribution in [1.82, 2.24) is 28.7 Å². The lowest BCUT2D eigenvalue weighted by Crippen LogP contribution is -2.28. The topological polar surface area (TPSA) is 93.8 Å². The van der Waals surface area contributed by atoms with Crippen LogP contribution < -0.4 is 4.90 Å². The van der Waals surface area contributed by atoms with Crippen LogP contribution in [0.3, 0.4) is 0 Å². The summed E-state index contributed by atoms with van der Waals surface area (Å²) in [4.78, 5) is 33.6. The number of fused-ring (bicyclic) bond motifs is 14. The van der Waals surface area contributed by atoms with E-state index in [4.69, 9.17) is 24.9 Å². The van der Waals surface area contributed by atoms with Gasteiger partial charge in [-0.25, -0.2) is 15.0 Å². The molecular weight excluding hydrogens is 1150 g/mol. The molecule has 5 heterocycles. The molecule has 94 heavy (non-hydrogen) atoms. The molecule has 12 aromatic carbocycles. The van der Waals surface area contributed by atoms with Crippen LogP contribution in [0.25, 0.3) is 117 Å². The van der Waals surface area contributed by atoms with Crippen molar-refractivity contribution >= 4 is 96.2 Å². The summed E-state index contributed by atoms with van der Waals surface area (Å²) in [7, 11) is 0. The molecule has 1 aliphatic carbocycles. The van der Waals surface area contributed by atoms with Crippen LogP contribution in [0.4, 0.5) is 17.1 Å². The van der Waals surface area contributed by atoms with Crippen LogP contribution in [-0.4, -0.2) is 47.2 Å². The maximum absolute atomic E-state index is 5.38. The Morgan fingerprint density at radius 2 is 0.957 bits per heavy atom. The summed E-state index contributed by atoms with van der Waals surface area (Å²) >= 11 is 0. The third kappa shape index (κ3) is 8.87. The van der Waals surface area contributed by atoms with Crippen LogP contribution in [-0.2, 0) is 0 Å². The monoisotopic (exact) mass is 1200 g/mol. The first-order chi connectivity index (χ1) is 46.6. The third-order valence-corrected chi connectivity index (χ3v) is 18.6. The summed E-state index contributed by atoms with van der Waals surface area (Å²) in [6.07, 6.45) is 4.70. The average molecular weight is 1210 g/mol. The Morgan fingerprint density at radius 1 is 0.415 bits per heavy atom. The molecule has 18 rings (SSSR count). The summed E-state index contributed by atoms with van der Waals surface area (Å²) in [5.74, 6) is 2.74. The molecule has 0 N–H and O–H groups in total. The first-order valence-corrected chi connectivity index (χ1v) is 31.7. The number of nitrogens with zero attached hydrogens (tertiary/aromatic N) is 10. The molecular formula is C84H56N10. The summed E-state index contributed by atoms with van der Waals surface area (Å²) in [6, 6.07) is 107. The van der Waals surface area contributed by atoms with Crippen molar-refractivity contribution in [3.8, 4) is 56.7 Å². The number of anilines is 2. The average Bonchev–Trinajstić information content (AvgIpc) is 1.55. The largest absolute Gasteiger partial charge is 0.331 e. The highest BCUT2D eigenvalue weighted by Crippen LogP contribution is 2.57. The quantitative estimate of drug-likeness (QED) is 0.106. The molecule has 10 heteroatoms. The molecule has 0 saturated heterocycles. The minimum absolute atomic E-state index is 0.00671. The first kappa shape index (κ1) is 54.3. The van der Waals surface area contributed by atoms with Crippen molar-refractivity contribution in [2.75, 3.05) is 4.90 Å². The highest BCUT2D eigenvalue weighted by molar-refractivity contribution is 6.24. The second-order valence-corrected chi connectivity index (χ2v) is 23.8. The number of hydrogen-bond donors (Lipinski definition) is 0. The van der Waals surface area contributed by atoms with Gasteiger partial charge < -0.3 is 9.47 Å². The van der Waals surface area contributed by atoms with Gasteiger partial charge in [-0.1, -0.05) is 255 Å². The zero-order chi connectivity index (χ0) is 62.2. The van der Waals surface area contributed by atoms with Gasteiger partial charge in [0.05, 0.1) is 45.0 Å². The summed E-state index contributed by atoms with van der Waals surface area (Å²) in [5, 5.41) is 5.62. The molecule has 0 spiro atoms. The molecule has 10 nitrogen and oxygen atoms in total. The van der Waals surface area contributed by atoms with Gasteiger partial charge in [-0.2, -0.15) is 15.0 Å². The van der Waals surface area contributed by atoms with Crippen molar-refractivity contribution in [2.45, 2.75) is 12.0 Å². The zero-order valence-corrected chi connectivity index (χ0v) is 50.9. The van der Waals surface area contributed by atoms with Crippen LogP contribution in [0.2, 0.25) is 0 Å². The Labute approximate surface area is 542 Å². The number of hydrogen-bond acceptors (Lipinski definition) is 5. The van der Waals surface area contributed by atoms with E-state index in [-0.39, 0.29) is 12.0 Å². The Bertz CT molecular complexity index is 5710. The summed E-state index contributed by atoms with van der Waals surface area (Å²) < 4.78 is 6.95. The molecule has 16 aromatic rings. The minimum Gasteiger partial charge on any atom is -0.331 e. The predicted molar refractivity (Wildman–Crippen MR) is 387 cm³/mol. The van der Waals surface area contributed by atoms with Crippen LogP contribution in [0.15, 0.2) is 324 Å². The molecule has 2 unspecified atom stereocenters. The highest BCUT2D eigenvalue weighted by Gasteiger charge is 2.45. The lowest BCUT2D eigenvalue weighted by atomic mass is 9.86. The second kappa shape index (κ2) is 22.4. The number of rotatable bonds is 9. The maximum Gasteiger partial charge on any atom is 0.238 e. The Balaban J connectivity index is 0.773. The van der Waals surface area contributed by atoms with Gasteiger partial charge in [0.25, 0.3) is 0 Å². The van der Waals surface area contributed by atoms with E-state index < -0.39 is 0 Å². The van der Waals surface area contributed by atoms with Crippen LogP contribution in [0.1, 0.15) is 34.3 Å². The van der Waals surface area contributed by atoms with Crippen molar-refractivity contribution in [3.63, 3.8) is 0 Å². The number of amidine groups is 1. The van der Waals surface area contributed by atoms with E-state index in [0.29, 0.717) is 29.4 Å². The SMILES string of the molecule is C=NC(=NC(=Nc1ccccc1)n1c2c(c3ccccc31)C=CC1c3ccccc3N(c3cccc(-c4ccccc4-c4ccc(-n5c6ccccc6c6ccc7c8ccccc8n(-c8nc(-c9ccccc9)nc(-c9ccccc9)n8)c7c65)cc4)c3)C21)c1ccccc1. The van der Waals surface area contributed by atoms with Crippen molar-refractivity contribution < 1.29 is 0 Å². The number of aromatic nitrogens is 6. The lowest BCUT2D eigenvalue weighted by Gasteiger charge is -2.33. The molecule has 0 radical (unpaired) electrons. The fraction of sp³-hybridized carbons (Fsp3) is 0.0238. The van der Waals surface area contributed by atoms with Gasteiger partial charge in [0.2, 0.25) is 11.9 Å². The molecule has 0 fully saturated rings. The summed E-state index contributed by atoms with van der Waals surface area (Å²) in [5.41, 5.74) is 19.8. The maximum atomic E-state index is 5.38. The van der Waals surface area contributed by atoms with E-state index in [2.05, 4.69) is 249 Å². The van der Waals surface area contributed by atoms with E-state index in [1.807, 2.05) is 97.1 Å². The molecule has 0 saturated carbocycles. The van der Waals surface area contributed by atoms with Gasteiger partial charge in [-0.15, -0.1) is 0 Å². The molecule has 0 bridgehead atoms. The zero-order valence-electron chi connectivity index (χ0n) is 50.9. The van der Waals surface area contributed by atoms with Crippen molar-refractivity contribution in [1.29, 1.82) is 0 Å². The Morgan fingerprint density at radius 3 is 1.63 bits per heavy atom. The van der Waals surface area contributed by atoms with E-state index in [1.54, 1.807) is 0 Å². The van der Waals surface area contributed by atoms with E-state index in [0.717, 1.165) is 127 Å². The smallest absolute Gasteiger partial charge is 0.238 e. The molecule has 2 aliphatic rings. The van der Waals surface area contributed by atoms with Gasteiger partial charge in [0.1, 0.15) is 0 Å².